The highest BCUT2D eigenvalue weighted by atomic mass is 35.5. The number of halogens is 2. The van der Waals surface area contributed by atoms with Crippen LogP contribution in [0.15, 0.2) is 18.2 Å². The molecule has 1 atom stereocenters. The Balaban J connectivity index is 2.73. The van der Waals surface area contributed by atoms with Gasteiger partial charge in [-0.25, -0.2) is 4.39 Å². The predicted molar refractivity (Wildman–Crippen MR) is 65.6 cm³/mol. The highest BCUT2D eigenvalue weighted by Crippen LogP contribution is 2.27. The van der Waals surface area contributed by atoms with Crippen LogP contribution in [-0.4, -0.2) is 0 Å². The van der Waals surface area contributed by atoms with Crippen LogP contribution in [0.2, 0.25) is 5.02 Å². The fraction of sp³-hybridized carbons (Fsp3) is 0.500. The SMILES string of the molecule is CCCCCC(NN)c1cc(F)ccc1Cl. The monoisotopic (exact) mass is 244 g/mol. The summed E-state index contributed by atoms with van der Waals surface area (Å²) in [6, 6.07) is 4.29. The van der Waals surface area contributed by atoms with E-state index in [0.717, 1.165) is 31.2 Å². The second kappa shape index (κ2) is 6.84. The molecule has 1 unspecified atom stereocenters. The van der Waals surface area contributed by atoms with E-state index in [4.69, 9.17) is 17.4 Å². The molecular weight excluding hydrogens is 227 g/mol. The van der Waals surface area contributed by atoms with Crippen molar-refractivity contribution in [2.75, 3.05) is 0 Å². The van der Waals surface area contributed by atoms with Crippen molar-refractivity contribution in [2.45, 2.75) is 38.6 Å². The van der Waals surface area contributed by atoms with Gasteiger partial charge in [0.25, 0.3) is 0 Å². The molecule has 3 N–H and O–H groups in total. The van der Waals surface area contributed by atoms with Gasteiger partial charge in [0.1, 0.15) is 5.82 Å². The van der Waals surface area contributed by atoms with Gasteiger partial charge in [-0.2, -0.15) is 0 Å². The summed E-state index contributed by atoms with van der Waals surface area (Å²) >= 11 is 6.02. The molecule has 0 aromatic heterocycles. The summed E-state index contributed by atoms with van der Waals surface area (Å²) < 4.78 is 13.1. The van der Waals surface area contributed by atoms with E-state index < -0.39 is 0 Å². The first kappa shape index (κ1) is 13.4. The third-order valence-corrected chi connectivity index (χ3v) is 2.98. The standard InChI is InChI=1S/C12H18ClFN2/c1-2-3-4-5-12(16-15)10-8-9(14)6-7-11(10)13/h6-8,12,16H,2-5,15H2,1H3. The van der Waals surface area contributed by atoms with E-state index in [1.807, 2.05) is 0 Å². The van der Waals surface area contributed by atoms with Crippen LogP contribution < -0.4 is 11.3 Å². The smallest absolute Gasteiger partial charge is 0.123 e. The van der Waals surface area contributed by atoms with Gasteiger partial charge in [0.2, 0.25) is 0 Å². The molecule has 1 aromatic rings. The van der Waals surface area contributed by atoms with E-state index in [9.17, 15) is 4.39 Å². The van der Waals surface area contributed by atoms with Crippen LogP contribution in [0.5, 0.6) is 0 Å². The van der Waals surface area contributed by atoms with E-state index in [0.29, 0.717) is 5.02 Å². The Hall–Kier alpha value is -0.640. The van der Waals surface area contributed by atoms with Crippen molar-refractivity contribution in [2.24, 2.45) is 5.84 Å². The van der Waals surface area contributed by atoms with Crippen molar-refractivity contribution in [3.63, 3.8) is 0 Å². The minimum atomic E-state index is -0.282. The number of rotatable bonds is 6. The van der Waals surface area contributed by atoms with Crippen LogP contribution in [0.1, 0.15) is 44.2 Å². The highest BCUT2D eigenvalue weighted by molar-refractivity contribution is 6.31. The minimum Gasteiger partial charge on any atom is -0.271 e. The molecule has 4 heteroatoms. The maximum Gasteiger partial charge on any atom is 0.123 e. The molecule has 1 rings (SSSR count). The van der Waals surface area contributed by atoms with Gasteiger partial charge in [-0.1, -0.05) is 37.8 Å². The Morgan fingerprint density at radius 1 is 1.44 bits per heavy atom. The van der Waals surface area contributed by atoms with Gasteiger partial charge in [-0.15, -0.1) is 0 Å². The maximum atomic E-state index is 13.1. The van der Waals surface area contributed by atoms with Crippen LogP contribution in [0, 0.1) is 5.82 Å². The second-order valence-corrected chi connectivity index (χ2v) is 4.29. The Morgan fingerprint density at radius 2 is 2.19 bits per heavy atom. The van der Waals surface area contributed by atoms with Crippen molar-refractivity contribution >= 4 is 11.6 Å². The normalized spacial score (nSPS) is 12.8. The number of nitrogens with one attached hydrogen (secondary N) is 1. The molecule has 0 bridgehead atoms. The largest absolute Gasteiger partial charge is 0.271 e. The third kappa shape index (κ3) is 3.74. The van der Waals surface area contributed by atoms with Crippen molar-refractivity contribution in [3.8, 4) is 0 Å². The Bertz CT molecular complexity index is 331. The molecule has 0 amide bonds. The fourth-order valence-electron chi connectivity index (χ4n) is 1.71. The van der Waals surface area contributed by atoms with E-state index in [1.165, 1.54) is 12.1 Å². The van der Waals surface area contributed by atoms with Crippen LogP contribution in [0.25, 0.3) is 0 Å². The summed E-state index contributed by atoms with van der Waals surface area (Å²) in [5, 5.41) is 0.556. The highest BCUT2D eigenvalue weighted by Gasteiger charge is 2.13. The lowest BCUT2D eigenvalue weighted by molar-refractivity contribution is 0.484. The van der Waals surface area contributed by atoms with Gasteiger partial charge in [-0.05, 0) is 30.2 Å². The van der Waals surface area contributed by atoms with E-state index in [1.54, 1.807) is 6.07 Å². The van der Waals surface area contributed by atoms with Crippen LogP contribution in [0.3, 0.4) is 0 Å². The van der Waals surface area contributed by atoms with E-state index >= 15 is 0 Å². The molecule has 90 valence electrons. The van der Waals surface area contributed by atoms with Gasteiger partial charge >= 0.3 is 0 Å². The molecule has 0 heterocycles. The number of hydrazine groups is 1. The van der Waals surface area contributed by atoms with Crippen LogP contribution in [0.4, 0.5) is 4.39 Å². The summed E-state index contributed by atoms with van der Waals surface area (Å²) in [6.07, 6.45) is 4.21. The molecule has 0 aliphatic rings. The number of nitrogens with two attached hydrogens (primary N) is 1. The molecule has 0 aliphatic carbocycles. The first-order valence-electron chi connectivity index (χ1n) is 5.60. The molecule has 0 spiro atoms. The van der Waals surface area contributed by atoms with Crippen LogP contribution >= 0.6 is 11.6 Å². The summed E-state index contributed by atoms with van der Waals surface area (Å²) in [4.78, 5) is 0. The molecular formula is C12H18ClFN2. The maximum absolute atomic E-state index is 13.1. The summed E-state index contributed by atoms with van der Waals surface area (Å²) in [6.45, 7) is 2.14. The van der Waals surface area contributed by atoms with Gasteiger partial charge in [0.05, 0.1) is 0 Å². The number of hydrogen-bond acceptors (Lipinski definition) is 2. The van der Waals surface area contributed by atoms with Crippen molar-refractivity contribution < 1.29 is 4.39 Å². The summed E-state index contributed by atoms with van der Waals surface area (Å²) in [5.74, 6) is 5.19. The minimum absolute atomic E-state index is 0.0743. The van der Waals surface area contributed by atoms with Crippen molar-refractivity contribution in [3.05, 3.63) is 34.6 Å². The average Bonchev–Trinajstić information content (AvgIpc) is 2.28. The summed E-state index contributed by atoms with van der Waals surface area (Å²) in [5.41, 5.74) is 3.43. The van der Waals surface area contributed by atoms with Gasteiger partial charge in [0.15, 0.2) is 0 Å². The Labute approximate surface area is 101 Å². The quantitative estimate of drug-likeness (QED) is 0.456. The molecule has 0 saturated heterocycles. The van der Waals surface area contributed by atoms with E-state index in [2.05, 4.69) is 12.3 Å². The first-order valence-corrected chi connectivity index (χ1v) is 5.98. The van der Waals surface area contributed by atoms with Gasteiger partial charge < -0.3 is 0 Å². The zero-order valence-electron chi connectivity index (χ0n) is 9.47. The number of unbranched alkanes of at least 4 members (excludes halogenated alkanes) is 2. The van der Waals surface area contributed by atoms with Crippen LogP contribution in [-0.2, 0) is 0 Å². The Kier molecular flexibility index (Phi) is 5.74. The van der Waals surface area contributed by atoms with Crippen molar-refractivity contribution in [1.82, 2.24) is 5.43 Å². The predicted octanol–water partition coefficient (Wildman–Crippen LogP) is 3.56. The number of benzene rings is 1. The average molecular weight is 245 g/mol. The topological polar surface area (TPSA) is 38.0 Å². The number of hydrogen-bond donors (Lipinski definition) is 2. The molecule has 0 fully saturated rings. The first-order chi connectivity index (χ1) is 7.69. The molecule has 1 aromatic carbocycles. The van der Waals surface area contributed by atoms with E-state index in [-0.39, 0.29) is 11.9 Å². The van der Waals surface area contributed by atoms with Gasteiger partial charge in [-0.3, -0.25) is 11.3 Å². The molecule has 2 nitrogen and oxygen atoms in total. The lowest BCUT2D eigenvalue weighted by atomic mass is 10.0. The molecule has 0 radical (unpaired) electrons. The van der Waals surface area contributed by atoms with Crippen molar-refractivity contribution in [1.29, 1.82) is 0 Å². The molecule has 16 heavy (non-hydrogen) atoms. The molecule has 0 saturated carbocycles. The lowest BCUT2D eigenvalue weighted by Gasteiger charge is -2.17. The zero-order valence-corrected chi connectivity index (χ0v) is 10.2. The zero-order chi connectivity index (χ0) is 12.0. The fourth-order valence-corrected chi connectivity index (χ4v) is 1.96. The third-order valence-electron chi connectivity index (χ3n) is 2.63. The summed E-state index contributed by atoms with van der Waals surface area (Å²) in [7, 11) is 0. The lowest BCUT2D eigenvalue weighted by Crippen LogP contribution is -2.28. The second-order valence-electron chi connectivity index (χ2n) is 3.88. The Morgan fingerprint density at radius 3 is 2.81 bits per heavy atom. The molecule has 0 aliphatic heterocycles. The van der Waals surface area contributed by atoms with Gasteiger partial charge in [0, 0.05) is 11.1 Å².